The first-order chi connectivity index (χ1) is 14.6. The van der Waals surface area contributed by atoms with Crippen LogP contribution in [-0.4, -0.2) is 21.4 Å². The first kappa shape index (κ1) is 18.1. The Morgan fingerprint density at radius 1 is 1.13 bits per heavy atom. The lowest BCUT2D eigenvalue weighted by atomic mass is 10.1. The second-order valence-corrected chi connectivity index (χ2v) is 7.05. The lowest BCUT2D eigenvalue weighted by Crippen LogP contribution is -2.31. The molecule has 1 aliphatic rings. The maximum absolute atomic E-state index is 13.4. The van der Waals surface area contributed by atoms with Gasteiger partial charge in [-0.2, -0.15) is 0 Å². The fourth-order valence-electron chi connectivity index (χ4n) is 3.76. The summed E-state index contributed by atoms with van der Waals surface area (Å²) in [5.74, 6) is 0.0156. The number of benzene rings is 2. The number of aromatic nitrogens is 2. The van der Waals surface area contributed by atoms with Gasteiger partial charge in [0, 0.05) is 5.69 Å². The molecule has 0 bridgehead atoms. The zero-order chi connectivity index (χ0) is 20.7. The van der Waals surface area contributed by atoms with Gasteiger partial charge in [0.25, 0.3) is 5.91 Å². The van der Waals surface area contributed by atoms with Gasteiger partial charge in [-0.1, -0.05) is 18.2 Å². The maximum atomic E-state index is 13.4. The summed E-state index contributed by atoms with van der Waals surface area (Å²) in [4.78, 5) is 32.0. The van der Waals surface area contributed by atoms with Crippen LogP contribution in [-0.2, 0) is 16.1 Å². The van der Waals surface area contributed by atoms with Crippen molar-refractivity contribution in [3.63, 3.8) is 0 Å². The highest BCUT2D eigenvalue weighted by Crippen LogP contribution is 2.37. The summed E-state index contributed by atoms with van der Waals surface area (Å²) in [5.41, 5.74) is 1.85. The molecule has 0 aliphatic carbocycles. The summed E-state index contributed by atoms with van der Waals surface area (Å²) < 4.78 is 20.6. The molecule has 8 heteroatoms. The van der Waals surface area contributed by atoms with E-state index in [1.54, 1.807) is 29.0 Å². The average molecular weight is 404 g/mol. The maximum Gasteiger partial charge on any atom is 0.253 e. The molecule has 150 valence electrons. The summed E-state index contributed by atoms with van der Waals surface area (Å²) in [7, 11) is 0. The van der Waals surface area contributed by atoms with Crippen LogP contribution >= 0.6 is 0 Å². The Morgan fingerprint density at radius 2 is 2.00 bits per heavy atom. The number of imidazole rings is 1. The number of furan rings is 1. The van der Waals surface area contributed by atoms with E-state index in [9.17, 15) is 14.0 Å². The van der Waals surface area contributed by atoms with Crippen LogP contribution in [0.5, 0.6) is 0 Å². The molecule has 2 aromatic heterocycles. The van der Waals surface area contributed by atoms with Crippen LogP contribution in [0.4, 0.5) is 16.0 Å². The molecule has 5 rings (SSSR count). The van der Waals surface area contributed by atoms with Crippen LogP contribution < -0.4 is 10.2 Å². The van der Waals surface area contributed by atoms with Gasteiger partial charge in [-0.05, 0) is 42.5 Å². The van der Waals surface area contributed by atoms with Crippen LogP contribution in [0.15, 0.2) is 71.3 Å². The molecule has 30 heavy (non-hydrogen) atoms. The number of hydrogen-bond acceptors (Lipinski definition) is 4. The number of carbonyl (C=O) groups excluding carboxylic acids is 2. The molecule has 0 spiro atoms. The standard InChI is InChI=1S/C22H17FN4O3/c23-14-5-3-6-15(11-14)24-20(28)12-19-21(29)26(13-16-7-4-10-30-16)22-25-17-8-1-2-9-18(17)27(19)22/h1-11,19H,12-13H2,(H,24,28)/t19-/m1/s1. The van der Waals surface area contributed by atoms with Crippen LogP contribution in [0.1, 0.15) is 18.2 Å². The quantitative estimate of drug-likeness (QED) is 0.547. The van der Waals surface area contributed by atoms with E-state index in [-0.39, 0.29) is 24.8 Å². The molecule has 1 aliphatic heterocycles. The topological polar surface area (TPSA) is 80.4 Å². The SMILES string of the molecule is O=C(C[C@@H]1C(=O)N(Cc2ccco2)c2nc3ccccc3n21)Nc1cccc(F)c1. The predicted octanol–water partition coefficient (Wildman–Crippen LogP) is 3.89. The van der Waals surface area contributed by atoms with Gasteiger partial charge < -0.3 is 9.73 Å². The lowest BCUT2D eigenvalue weighted by Gasteiger charge is -2.15. The van der Waals surface area contributed by atoms with Crippen LogP contribution in [0.2, 0.25) is 0 Å². The number of nitrogens with one attached hydrogen (secondary N) is 1. The highest BCUT2D eigenvalue weighted by atomic mass is 19.1. The third-order valence-corrected chi connectivity index (χ3v) is 5.06. The highest BCUT2D eigenvalue weighted by molar-refractivity contribution is 6.05. The zero-order valence-corrected chi connectivity index (χ0v) is 15.8. The van der Waals surface area contributed by atoms with E-state index in [4.69, 9.17) is 4.42 Å². The molecule has 0 saturated heterocycles. The molecular weight excluding hydrogens is 387 g/mol. The predicted molar refractivity (Wildman–Crippen MR) is 108 cm³/mol. The van der Waals surface area contributed by atoms with Gasteiger partial charge in [-0.15, -0.1) is 0 Å². The molecular formula is C22H17FN4O3. The Bertz CT molecular complexity index is 1250. The van der Waals surface area contributed by atoms with Crippen LogP contribution in [0.3, 0.4) is 0 Å². The van der Waals surface area contributed by atoms with E-state index in [2.05, 4.69) is 10.3 Å². The number of hydrogen-bond donors (Lipinski definition) is 1. The average Bonchev–Trinajstić information content (AvgIpc) is 3.42. The van der Waals surface area contributed by atoms with Crippen molar-refractivity contribution in [2.24, 2.45) is 0 Å². The van der Waals surface area contributed by atoms with Crippen LogP contribution in [0.25, 0.3) is 11.0 Å². The summed E-state index contributed by atoms with van der Waals surface area (Å²) in [6.45, 7) is 0.219. The molecule has 7 nitrogen and oxygen atoms in total. The van der Waals surface area contributed by atoms with Crippen molar-refractivity contribution in [1.29, 1.82) is 0 Å². The van der Waals surface area contributed by atoms with Gasteiger partial charge >= 0.3 is 0 Å². The number of rotatable bonds is 5. The van der Waals surface area contributed by atoms with E-state index in [0.717, 1.165) is 11.0 Å². The first-order valence-corrected chi connectivity index (χ1v) is 9.46. The lowest BCUT2D eigenvalue weighted by molar-refractivity contribution is -0.124. The fraction of sp³-hybridized carbons (Fsp3) is 0.136. The monoisotopic (exact) mass is 404 g/mol. The van der Waals surface area contributed by atoms with E-state index < -0.39 is 11.9 Å². The molecule has 3 heterocycles. The third-order valence-electron chi connectivity index (χ3n) is 5.06. The van der Waals surface area contributed by atoms with Crippen molar-refractivity contribution in [2.45, 2.75) is 19.0 Å². The smallest absolute Gasteiger partial charge is 0.253 e. The highest BCUT2D eigenvalue weighted by Gasteiger charge is 2.41. The van der Waals surface area contributed by atoms with Crippen molar-refractivity contribution in [1.82, 2.24) is 9.55 Å². The third kappa shape index (κ3) is 3.12. The number of fused-ring (bicyclic) bond motifs is 3. The van der Waals surface area contributed by atoms with Crippen molar-refractivity contribution in [2.75, 3.05) is 10.2 Å². The minimum absolute atomic E-state index is 0.0998. The Hall–Kier alpha value is -3.94. The van der Waals surface area contributed by atoms with Crippen molar-refractivity contribution >= 4 is 34.5 Å². The Morgan fingerprint density at radius 3 is 2.80 bits per heavy atom. The second-order valence-electron chi connectivity index (χ2n) is 7.05. The Kier molecular flexibility index (Phi) is 4.31. The minimum atomic E-state index is -0.754. The minimum Gasteiger partial charge on any atom is -0.467 e. The molecule has 1 N–H and O–H groups in total. The van der Waals surface area contributed by atoms with Crippen molar-refractivity contribution in [3.05, 3.63) is 78.5 Å². The Balaban J connectivity index is 1.47. The summed E-state index contributed by atoms with van der Waals surface area (Å²) in [6.07, 6.45) is 1.44. The van der Waals surface area contributed by atoms with Gasteiger partial charge in [-0.3, -0.25) is 19.1 Å². The van der Waals surface area contributed by atoms with E-state index in [1.165, 1.54) is 23.1 Å². The fourth-order valence-corrected chi connectivity index (χ4v) is 3.76. The van der Waals surface area contributed by atoms with Gasteiger partial charge in [-0.25, -0.2) is 9.37 Å². The van der Waals surface area contributed by atoms with Crippen molar-refractivity contribution < 1.29 is 18.4 Å². The molecule has 0 fully saturated rings. The summed E-state index contributed by atoms with van der Waals surface area (Å²) in [5, 5.41) is 2.66. The molecule has 2 amide bonds. The summed E-state index contributed by atoms with van der Waals surface area (Å²) >= 11 is 0. The van der Waals surface area contributed by atoms with Gasteiger partial charge in [0.15, 0.2) is 0 Å². The van der Waals surface area contributed by atoms with Crippen LogP contribution in [0, 0.1) is 5.82 Å². The molecule has 1 atom stereocenters. The van der Waals surface area contributed by atoms with Gasteiger partial charge in [0.05, 0.1) is 30.3 Å². The number of anilines is 2. The number of carbonyl (C=O) groups is 2. The van der Waals surface area contributed by atoms with E-state index in [1.807, 2.05) is 24.3 Å². The van der Waals surface area contributed by atoms with Gasteiger partial charge in [0.1, 0.15) is 17.6 Å². The number of para-hydroxylation sites is 2. The molecule has 0 saturated carbocycles. The normalized spacial score (nSPS) is 15.6. The van der Waals surface area contributed by atoms with E-state index in [0.29, 0.717) is 17.4 Å². The number of amides is 2. The van der Waals surface area contributed by atoms with E-state index >= 15 is 0 Å². The second kappa shape index (κ2) is 7.14. The number of nitrogens with zero attached hydrogens (tertiary/aromatic N) is 3. The molecule has 0 unspecified atom stereocenters. The molecule has 0 radical (unpaired) electrons. The van der Waals surface area contributed by atoms with Gasteiger partial charge in [0.2, 0.25) is 11.9 Å². The zero-order valence-electron chi connectivity index (χ0n) is 15.8. The first-order valence-electron chi connectivity index (χ1n) is 9.46. The number of halogens is 1. The molecule has 2 aromatic carbocycles. The Labute approximate surface area is 170 Å². The largest absolute Gasteiger partial charge is 0.467 e. The molecule has 4 aromatic rings. The summed E-state index contributed by atoms with van der Waals surface area (Å²) in [6, 6.07) is 15.9. The van der Waals surface area contributed by atoms with Crippen molar-refractivity contribution in [3.8, 4) is 0 Å².